The first-order chi connectivity index (χ1) is 18.7. The number of nitrogens with zero attached hydrogens (tertiary/aromatic N) is 3. The van der Waals surface area contributed by atoms with Crippen LogP contribution in [0.15, 0.2) is 82.7 Å². The Kier molecular flexibility index (Phi) is 8.93. The van der Waals surface area contributed by atoms with Crippen LogP contribution in [0.4, 0.5) is 15.8 Å². The molecule has 3 aromatic carbocycles. The third-order valence-electron chi connectivity index (χ3n) is 6.84. The highest BCUT2D eigenvalue weighted by Crippen LogP contribution is 2.31. The van der Waals surface area contributed by atoms with E-state index in [0.29, 0.717) is 24.6 Å². The van der Waals surface area contributed by atoms with Gasteiger partial charge in [0.1, 0.15) is 10.7 Å². The molecule has 9 heteroatoms. The maximum Gasteiger partial charge on any atom is 0.264 e. The molecule has 1 N–H and O–H groups in total. The van der Waals surface area contributed by atoms with Gasteiger partial charge in [0.2, 0.25) is 0 Å². The van der Waals surface area contributed by atoms with Gasteiger partial charge < -0.3 is 4.90 Å². The van der Waals surface area contributed by atoms with Crippen molar-refractivity contribution in [2.45, 2.75) is 24.7 Å². The number of halogens is 1. The lowest BCUT2D eigenvalue weighted by atomic mass is 10.0. The molecule has 39 heavy (non-hydrogen) atoms. The highest BCUT2D eigenvalue weighted by Gasteiger charge is 2.25. The topological polar surface area (TPSA) is 82.1 Å². The molecule has 4 rings (SSSR count). The molecule has 1 atom stereocenters. The van der Waals surface area contributed by atoms with E-state index in [9.17, 15) is 13.2 Å². The summed E-state index contributed by atoms with van der Waals surface area (Å²) < 4.78 is 43.5. The molecule has 1 aliphatic heterocycles. The number of hydrogen-bond donors (Lipinski definition) is 1. The van der Waals surface area contributed by atoms with Crippen LogP contribution in [0.3, 0.4) is 0 Å². The molecule has 1 heterocycles. The van der Waals surface area contributed by atoms with E-state index in [0.717, 1.165) is 25.7 Å². The Morgan fingerprint density at radius 2 is 1.79 bits per heavy atom. The smallest absolute Gasteiger partial charge is 0.264 e. The number of nitrogens with one attached hydrogen (secondary N) is 1. The number of aliphatic imine (C=N–C) groups is 1. The summed E-state index contributed by atoms with van der Waals surface area (Å²) in [4.78, 5) is 20.9. The molecule has 0 radical (unpaired) electrons. The zero-order valence-electron chi connectivity index (χ0n) is 22.2. The molecule has 0 bridgehead atoms. The van der Waals surface area contributed by atoms with Crippen LogP contribution in [0.1, 0.15) is 41.3 Å². The van der Waals surface area contributed by atoms with Gasteiger partial charge in [-0.25, -0.2) is 12.8 Å². The van der Waals surface area contributed by atoms with Crippen molar-refractivity contribution in [3.05, 3.63) is 95.3 Å². The molecule has 1 unspecified atom stereocenters. The Morgan fingerprint density at radius 3 is 2.44 bits per heavy atom. The number of benzene rings is 3. The van der Waals surface area contributed by atoms with Crippen molar-refractivity contribution < 1.29 is 17.6 Å². The van der Waals surface area contributed by atoms with Gasteiger partial charge in [0, 0.05) is 43.9 Å². The molecule has 0 spiro atoms. The summed E-state index contributed by atoms with van der Waals surface area (Å²) in [7, 11) is -4.17. The molecule has 204 valence electrons. The molecule has 3 aromatic rings. The van der Waals surface area contributed by atoms with Crippen molar-refractivity contribution in [3.63, 3.8) is 0 Å². The van der Waals surface area contributed by atoms with Crippen LogP contribution in [0.25, 0.3) is 6.08 Å². The van der Waals surface area contributed by atoms with Crippen molar-refractivity contribution >= 4 is 40.1 Å². The highest BCUT2D eigenvalue weighted by molar-refractivity contribution is 7.92. The van der Waals surface area contributed by atoms with Gasteiger partial charge in [-0.1, -0.05) is 61.5 Å². The highest BCUT2D eigenvalue weighted by atomic mass is 32.2. The predicted octanol–water partition coefficient (Wildman–Crippen LogP) is 5.55. The van der Waals surface area contributed by atoms with Gasteiger partial charge in [0.25, 0.3) is 15.9 Å². The average molecular weight is 549 g/mol. The number of piperazine rings is 1. The van der Waals surface area contributed by atoms with E-state index in [4.69, 9.17) is 0 Å². The van der Waals surface area contributed by atoms with E-state index in [1.807, 2.05) is 18.2 Å². The fourth-order valence-electron chi connectivity index (χ4n) is 4.76. The lowest BCUT2D eigenvalue weighted by Crippen LogP contribution is -2.49. The van der Waals surface area contributed by atoms with E-state index in [2.05, 4.69) is 40.4 Å². The van der Waals surface area contributed by atoms with Gasteiger partial charge in [0.05, 0.1) is 11.4 Å². The fraction of sp³-hybridized carbons (Fsp3) is 0.267. The van der Waals surface area contributed by atoms with E-state index in [1.54, 1.807) is 36.1 Å². The summed E-state index contributed by atoms with van der Waals surface area (Å²) in [5, 5.41) is 0. The van der Waals surface area contributed by atoms with Crippen LogP contribution in [-0.2, 0) is 10.0 Å². The Bertz CT molecular complexity index is 1470. The number of rotatable bonds is 9. The van der Waals surface area contributed by atoms with Crippen LogP contribution in [-0.4, -0.2) is 63.6 Å². The zero-order chi connectivity index (χ0) is 28.0. The molecule has 7 nitrogen and oxygen atoms in total. The molecular weight excluding hydrogens is 515 g/mol. The summed E-state index contributed by atoms with van der Waals surface area (Å²) in [6.07, 6.45) is 3.47. The molecule has 0 saturated carbocycles. The first kappa shape index (κ1) is 28.2. The lowest BCUT2D eigenvalue weighted by Gasteiger charge is -2.36. The number of anilines is 1. The predicted molar refractivity (Wildman–Crippen MR) is 155 cm³/mol. The first-order valence-electron chi connectivity index (χ1n) is 12.8. The van der Waals surface area contributed by atoms with Crippen LogP contribution in [0, 0.1) is 5.82 Å². The second kappa shape index (κ2) is 12.4. The van der Waals surface area contributed by atoms with Crippen LogP contribution in [0.2, 0.25) is 0 Å². The Hall–Kier alpha value is -3.82. The SMILES string of the molecule is C=Nc1c(/C=C\C)cccc1S(=O)(=O)Nc1ccc(C(=O)N2CCN(CC(C)c3ccccc3)CC2)cc1F. The van der Waals surface area contributed by atoms with E-state index >= 15 is 4.39 Å². The second-order valence-corrected chi connectivity index (χ2v) is 11.2. The van der Waals surface area contributed by atoms with Gasteiger partial charge in [-0.2, -0.15) is 0 Å². The summed E-state index contributed by atoms with van der Waals surface area (Å²) in [6.45, 7) is 10.9. The van der Waals surface area contributed by atoms with Crippen LogP contribution < -0.4 is 4.72 Å². The standard InChI is InChI=1S/C30H33FN4O3S/c1-4-9-24-12-8-13-28(29(24)32-3)39(37,38)33-27-15-14-25(20-26(27)31)30(36)35-18-16-34(17-19-35)21-22(2)23-10-6-5-7-11-23/h4-15,20,22,33H,3,16-19,21H2,1-2H3/b9-4-. The summed E-state index contributed by atoms with van der Waals surface area (Å²) in [6, 6.07) is 18.8. The second-order valence-electron chi connectivity index (χ2n) is 9.56. The van der Waals surface area contributed by atoms with Crippen molar-refractivity contribution in [1.82, 2.24) is 9.80 Å². The number of hydrogen-bond acceptors (Lipinski definition) is 5. The van der Waals surface area contributed by atoms with Gasteiger partial charge in [-0.3, -0.25) is 19.4 Å². The maximum absolute atomic E-state index is 15.0. The summed E-state index contributed by atoms with van der Waals surface area (Å²) in [5.74, 6) is -0.739. The van der Waals surface area contributed by atoms with Gasteiger partial charge in [0.15, 0.2) is 0 Å². The molecule has 1 saturated heterocycles. The van der Waals surface area contributed by atoms with E-state index < -0.39 is 15.8 Å². The van der Waals surface area contributed by atoms with Gasteiger partial charge >= 0.3 is 0 Å². The maximum atomic E-state index is 15.0. The molecule has 1 fully saturated rings. The molecule has 1 amide bonds. The average Bonchev–Trinajstić information content (AvgIpc) is 2.94. The Morgan fingerprint density at radius 1 is 1.08 bits per heavy atom. The van der Waals surface area contributed by atoms with Crippen molar-refractivity contribution in [1.29, 1.82) is 0 Å². The Labute approximate surface area is 229 Å². The van der Waals surface area contributed by atoms with Crippen molar-refractivity contribution in [2.75, 3.05) is 37.4 Å². The van der Waals surface area contributed by atoms with Crippen LogP contribution in [0.5, 0.6) is 0 Å². The minimum absolute atomic E-state index is 0.118. The minimum Gasteiger partial charge on any atom is -0.336 e. The van der Waals surface area contributed by atoms with Crippen molar-refractivity contribution in [2.24, 2.45) is 4.99 Å². The molecule has 1 aliphatic rings. The zero-order valence-corrected chi connectivity index (χ0v) is 23.0. The molecular formula is C30H33FN4O3S. The van der Waals surface area contributed by atoms with Crippen LogP contribution >= 0.6 is 0 Å². The van der Waals surface area contributed by atoms with Gasteiger partial charge in [-0.05, 0) is 49.4 Å². The number of para-hydroxylation sites is 1. The number of carbonyl (C=O) groups excluding carboxylic acids is 1. The summed E-state index contributed by atoms with van der Waals surface area (Å²) in [5.41, 5.74) is 1.95. The summed E-state index contributed by atoms with van der Waals surface area (Å²) >= 11 is 0. The Balaban J connectivity index is 1.41. The lowest BCUT2D eigenvalue weighted by molar-refractivity contribution is 0.0631. The fourth-order valence-corrected chi connectivity index (χ4v) is 6.02. The molecule has 0 aromatic heterocycles. The quantitative estimate of drug-likeness (QED) is 0.356. The first-order valence-corrected chi connectivity index (χ1v) is 14.3. The van der Waals surface area contributed by atoms with E-state index in [1.165, 1.54) is 23.8 Å². The normalized spacial score (nSPS) is 15.3. The third kappa shape index (κ3) is 6.61. The minimum atomic E-state index is -4.17. The monoisotopic (exact) mass is 548 g/mol. The molecule has 0 aliphatic carbocycles. The largest absolute Gasteiger partial charge is 0.336 e. The number of amides is 1. The van der Waals surface area contributed by atoms with E-state index in [-0.39, 0.29) is 27.7 Å². The number of carbonyl (C=O) groups is 1. The van der Waals surface area contributed by atoms with Crippen molar-refractivity contribution in [3.8, 4) is 0 Å². The third-order valence-corrected chi connectivity index (χ3v) is 8.24. The van der Waals surface area contributed by atoms with Gasteiger partial charge in [-0.15, -0.1) is 0 Å². The number of sulfonamides is 1. The number of allylic oxidation sites excluding steroid dienone is 1.